The molecule has 0 fully saturated rings. The van der Waals surface area contributed by atoms with E-state index in [2.05, 4.69) is 39.9 Å². The highest BCUT2D eigenvalue weighted by molar-refractivity contribution is 5.77. The van der Waals surface area contributed by atoms with Crippen molar-refractivity contribution in [2.45, 2.75) is 53.0 Å². The first-order valence-corrected chi connectivity index (χ1v) is 7.23. The Labute approximate surface area is 122 Å². The predicted octanol–water partition coefficient (Wildman–Crippen LogP) is 3.52. The van der Waals surface area contributed by atoms with Crippen molar-refractivity contribution in [3.8, 4) is 5.75 Å². The molecule has 0 spiro atoms. The summed E-state index contributed by atoms with van der Waals surface area (Å²) < 4.78 is 5.50. The molecule has 0 aliphatic heterocycles. The number of nitrogens with one attached hydrogen (secondary N) is 1. The zero-order chi connectivity index (χ0) is 15.3. The molecule has 0 bridgehead atoms. The first-order valence-electron chi connectivity index (χ1n) is 7.23. The lowest BCUT2D eigenvalue weighted by Crippen LogP contribution is -2.38. The van der Waals surface area contributed by atoms with Gasteiger partial charge in [-0.3, -0.25) is 4.79 Å². The maximum atomic E-state index is 11.7. The number of benzene rings is 1. The van der Waals surface area contributed by atoms with E-state index in [0.29, 0.717) is 5.92 Å². The SMILES string of the molecule is CC(C)C(C)NC(=O)COc1ccc(C(C)(C)C)cc1. The number of ether oxygens (including phenoxy) is 1. The van der Waals surface area contributed by atoms with Gasteiger partial charge in [-0.25, -0.2) is 0 Å². The van der Waals surface area contributed by atoms with Crippen molar-refractivity contribution in [1.82, 2.24) is 5.32 Å². The van der Waals surface area contributed by atoms with Gasteiger partial charge in [0, 0.05) is 6.04 Å². The van der Waals surface area contributed by atoms with Gasteiger partial charge in [-0.15, -0.1) is 0 Å². The van der Waals surface area contributed by atoms with Crippen molar-refractivity contribution in [2.75, 3.05) is 6.61 Å². The van der Waals surface area contributed by atoms with Gasteiger partial charge in [-0.1, -0.05) is 46.8 Å². The van der Waals surface area contributed by atoms with Crippen molar-refractivity contribution in [1.29, 1.82) is 0 Å². The Hall–Kier alpha value is -1.51. The number of amides is 1. The molecule has 0 saturated carbocycles. The summed E-state index contributed by atoms with van der Waals surface area (Å²) in [6.07, 6.45) is 0. The molecule has 1 unspecified atom stereocenters. The summed E-state index contributed by atoms with van der Waals surface area (Å²) in [4.78, 5) is 11.7. The highest BCUT2D eigenvalue weighted by Crippen LogP contribution is 2.24. The number of hydrogen-bond acceptors (Lipinski definition) is 2. The second kappa shape index (κ2) is 6.78. The molecular formula is C17H27NO2. The number of rotatable bonds is 5. The average Bonchev–Trinajstić information content (AvgIpc) is 2.35. The zero-order valence-corrected chi connectivity index (χ0v) is 13.5. The van der Waals surface area contributed by atoms with E-state index < -0.39 is 0 Å². The van der Waals surface area contributed by atoms with Gasteiger partial charge in [-0.05, 0) is 36.0 Å². The molecule has 1 atom stereocenters. The van der Waals surface area contributed by atoms with Gasteiger partial charge in [0.25, 0.3) is 5.91 Å². The molecule has 0 aliphatic carbocycles. The molecule has 1 amide bonds. The van der Waals surface area contributed by atoms with Gasteiger partial charge >= 0.3 is 0 Å². The van der Waals surface area contributed by atoms with Crippen molar-refractivity contribution in [3.63, 3.8) is 0 Å². The van der Waals surface area contributed by atoms with Crippen molar-refractivity contribution >= 4 is 5.91 Å². The van der Waals surface area contributed by atoms with Crippen LogP contribution in [-0.4, -0.2) is 18.6 Å². The predicted molar refractivity (Wildman–Crippen MR) is 83.1 cm³/mol. The van der Waals surface area contributed by atoms with Crippen LogP contribution in [0.15, 0.2) is 24.3 Å². The fourth-order valence-electron chi connectivity index (χ4n) is 1.66. The van der Waals surface area contributed by atoms with E-state index >= 15 is 0 Å². The van der Waals surface area contributed by atoms with Crippen LogP contribution in [0, 0.1) is 5.92 Å². The Balaban J connectivity index is 2.48. The molecule has 0 saturated heterocycles. The fourth-order valence-corrected chi connectivity index (χ4v) is 1.66. The van der Waals surface area contributed by atoms with Crippen LogP contribution in [0.2, 0.25) is 0 Å². The van der Waals surface area contributed by atoms with E-state index in [4.69, 9.17) is 4.74 Å². The third-order valence-corrected chi connectivity index (χ3v) is 3.48. The molecule has 1 aromatic carbocycles. The van der Waals surface area contributed by atoms with E-state index in [-0.39, 0.29) is 24.0 Å². The van der Waals surface area contributed by atoms with Crippen LogP contribution in [0.1, 0.15) is 47.1 Å². The van der Waals surface area contributed by atoms with Crippen LogP contribution in [-0.2, 0) is 10.2 Å². The van der Waals surface area contributed by atoms with Gasteiger partial charge in [-0.2, -0.15) is 0 Å². The van der Waals surface area contributed by atoms with Gasteiger partial charge in [0.15, 0.2) is 6.61 Å². The zero-order valence-electron chi connectivity index (χ0n) is 13.5. The van der Waals surface area contributed by atoms with E-state index in [9.17, 15) is 4.79 Å². The standard InChI is InChI=1S/C17H27NO2/c1-12(2)13(3)18-16(19)11-20-15-9-7-14(8-10-15)17(4,5)6/h7-10,12-13H,11H2,1-6H3,(H,18,19). The van der Waals surface area contributed by atoms with Crippen LogP contribution in [0.4, 0.5) is 0 Å². The highest BCUT2D eigenvalue weighted by atomic mass is 16.5. The number of carbonyl (C=O) groups excluding carboxylic acids is 1. The monoisotopic (exact) mass is 277 g/mol. The summed E-state index contributed by atoms with van der Waals surface area (Å²) in [5.41, 5.74) is 1.38. The van der Waals surface area contributed by atoms with Gasteiger partial charge in [0.1, 0.15) is 5.75 Å². The van der Waals surface area contributed by atoms with Crippen LogP contribution < -0.4 is 10.1 Å². The molecule has 0 radical (unpaired) electrons. The lowest BCUT2D eigenvalue weighted by Gasteiger charge is -2.19. The molecular weight excluding hydrogens is 250 g/mol. The lowest BCUT2D eigenvalue weighted by molar-refractivity contribution is -0.124. The Morgan fingerprint density at radius 2 is 1.70 bits per heavy atom. The van der Waals surface area contributed by atoms with Gasteiger partial charge in [0.05, 0.1) is 0 Å². The summed E-state index contributed by atoms with van der Waals surface area (Å²) in [5.74, 6) is 1.07. The topological polar surface area (TPSA) is 38.3 Å². The molecule has 3 heteroatoms. The summed E-state index contributed by atoms with van der Waals surface area (Å²) >= 11 is 0. The summed E-state index contributed by atoms with van der Waals surface area (Å²) in [6.45, 7) is 12.7. The number of hydrogen-bond donors (Lipinski definition) is 1. The van der Waals surface area contributed by atoms with Gasteiger partial charge in [0.2, 0.25) is 0 Å². The molecule has 20 heavy (non-hydrogen) atoms. The Morgan fingerprint density at radius 3 is 2.15 bits per heavy atom. The normalized spacial score (nSPS) is 13.2. The quantitative estimate of drug-likeness (QED) is 0.894. The molecule has 0 heterocycles. The third kappa shape index (κ3) is 5.24. The lowest BCUT2D eigenvalue weighted by atomic mass is 9.87. The van der Waals surface area contributed by atoms with E-state index in [1.165, 1.54) is 5.56 Å². The van der Waals surface area contributed by atoms with Gasteiger partial charge < -0.3 is 10.1 Å². The van der Waals surface area contributed by atoms with E-state index in [0.717, 1.165) is 5.75 Å². The third-order valence-electron chi connectivity index (χ3n) is 3.48. The number of carbonyl (C=O) groups is 1. The molecule has 1 N–H and O–H groups in total. The molecule has 0 aromatic heterocycles. The van der Waals surface area contributed by atoms with Crippen molar-refractivity contribution in [3.05, 3.63) is 29.8 Å². The minimum atomic E-state index is -0.0777. The minimum Gasteiger partial charge on any atom is -0.484 e. The first-order chi connectivity index (χ1) is 9.20. The Morgan fingerprint density at radius 1 is 1.15 bits per heavy atom. The molecule has 0 aliphatic rings. The molecule has 3 nitrogen and oxygen atoms in total. The van der Waals surface area contributed by atoms with E-state index in [1.54, 1.807) is 0 Å². The highest BCUT2D eigenvalue weighted by Gasteiger charge is 2.14. The summed E-state index contributed by atoms with van der Waals surface area (Å²) in [6, 6.07) is 8.09. The van der Waals surface area contributed by atoms with Crippen LogP contribution >= 0.6 is 0 Å². The average molecular weight is 277 g/mol. The maximum absolute atomic E-state index is 11.7. The van der Waals surface area contributed by atoms with E-state index in [1.807, 2.05) is 31.2 Å². The van der Waals surface area contributed by atoms with Crippen LogP contribution in [0.25, 0.3) is 0 Å². The first kappa shape index (κ1) is 16.5. The summed E-state index contributed by atoms with van der Waals surface area (Å²) in [7, 11) is 0. The summed E-state index contributed by atoms with van der Waals surface area (Å²) in [5, 5.41) is 2.92. The second-order valence-electron chi connectivity index (χ2n) is 6.66. The molecule has 112 valence electrons. The van der Waals surface area contributed by atoms with Crippen molar-refractivity contribution in [2.24, 2.45) is 5.92 Å². The molecule has 1 rings (SSSR count). The smallest absolute Gasteiger partial charge is 0.258 e. The van der Waals surface area contributed by atoms with Crippen LogP contribution in [0.5, 0.6) is 5.75 Å². The molecule has 1 aromatic rings. The Kier molecular flexibility index (Phi) is 5.61. The largest absolute Gasteiger partial charge is 0.484 e. The maximum Gasteiger partial charge on any atom is 0.258 e. The minimum absolute atomic E-state index is 0.0614. The Bertz CT molecular complexity index is 429. The second-order valence-corrected chi connectivity index (χ2v) is 6.66. The fraction of sp³-hybridized carbons (Fsp3) is 0.588. The van der Waals surface area contributed by atoms with Crippen molar-refractivity contribution < 1.29 is 9.53 Å². The van der Waals surface area contributed by atoms with Crippen LogP contribution in [0.3, 0.4) is 0 Å².